The first kappa shape index (κ1) is 11.7. The van der Waals surface area contributed by atoms with Crippen molar-refractivity contribution in [1.82, 2.24) is 9.88 Å². The summed E-state index contributed by atoms with van der Waals surface area (Å²) < 4.78 is 13.0. The number of rotatable bonds is 4. The zero-order valence-corrected chi connectivity index (χ0v) is 9.81. The Morgan fingerprint density at radius 1 is 1.06 bits per heavy atom. The fourth-order valence-electron chi connectivity index (χ4n) is 1.80. The third kappa shape index (κ3) is 3.64. The standard InChI is InChI=1S/C14H15FN2/c1-17(10-12-5-7-16-8-6-12)11-13-3-2-4-14(15)9-13/h2-9H,10-11H2,1H3. The molecule has 0 saturated heterocycles. The van der Waals surface area contributed by atoms with Gasteiger partial charge in [-0.3, -0.25) is 9.88 Å². The first-order valence-electron chi connectivity index (χ1n) is 5.56. The molecule has 1 heterocycles. The summed E-state index contributed by atoms with van der Waals surface area (Å²) in [5.41, 5.74) is 2.19. The Morgan fingerprint density at radius 3 is 2.47 bits per heavy atom. The topological polar surface area (TPSA) is 16.1 Å². The van der Waals surface area contributed by atoms with E-state index in [2.05, 4.69) is 9.88 Å². The van der Waals surface area contributed by atoms with Gasteiger partial charge in [-0.2, -0.15) is 0 Å². The Morgan fingerprint density at radius 2 is 1.76 bits per heavy atom. The minimum atomic E-state index is -0.181. The molecule has 2 nitrogen and oxygen atoms in total. The van der Waals surface area contributed by atoms with E-state index in [-0.39, 0.29) is 5.82 Å². The van der Waals surface area contributed by atoms with Gasteiger partial charge >= 0.3 is 0 Å². The molecule has 88 valence electrons. The molecule has 0 saturated carbocycles. The monoisotopic (exact) mass is 230 g/mol. The summed E-state index contributed by atoms with van der Waals surface area (Å²) in [7, 11) is 2.02. The average Bonchev–Trinajstić information content (AvgIpc) is 2.30. The summed E-state index contributed by atoms with van der Waals surface area (Å²) in [6, 6.07) is 10.7. The normalized spacial score (nSPS) is 10.8. The van der Waals surface area contributed by atoms with Crippen molar-refractivity contribution in [3.05, 3.63) is 65.7 Å². The van der Waals surface area contributed by atoms with Crippen molar-refractivity contribution in [3.63, 3.8) is 0 Å². The van der Waals surface area contributed by atoms with Crippen LogP contribution < -0.4 is 0 Å². The van der Waals surface area contributed by atoms with Gasteiger partial charge in [0, 0.05) is 25.5 Å². The molecule has 0 radical (unpaired) electrons. The second kappa shape index (κ2) is 5.55. The SMILES string of the molecule is CN(Cc1ccncc1)Cc1cccc(F)c1. The predicted octanol–water partition coefficient (Wildman–Crippen LogP) is 2.85. The van der Waals surface area contributed by atoms with Crippen LogP contribution in [0.5, 0.6) is 0 Å². The lowest BCUT2D eigenvalue weighted by Crippen LogP contribution is -2.17. The van der Waals surface area contributed by atoms with E-state index in [9.17, 15) is 4.39 Å². The van der Waals surface area contributed by atoms with E-state index in [1.165, 1.54) is 11.6 Å². The lowest BCUT2D eigenvalue weighted by molar-refractivity contribution is 0.318. The lowest BCUT2D eigenvalue weighted by Gasteiger charge is -2.16. The van der Waals surface area contributed by atoms with Crippen LogP contribution in [0.2, 0.25) is 0 Å². The van der Waals surface area contributed by atoms with E-state index in [0.29, 0.717) is 0 Å². The van der Waals surface area contributed by atoms with Crippen molar-refractivity contribution in [3.8, 4) is 0 Å². The zero-order valence-electron chi connectivity index (χ0n) is 9.81. The maximum Gasteiger partial charge on any atom is 0.123 e. The molecule has 0 fully saturated rings. The number of nitrogens with zero attached hydrogens (tertiary/aromatic N) is 2. The fraction of sp³-hybridized carbons (Fsp3) is 0.214. The van der Waals surface area contributed by atoms with E-state index in [4.69, 9.17) is 0 Å². The van der Waals surface area contributed by atoms with Gasteiger partial charge in [-0.15, -0.1) is 0 Å². The quantitative estimate of drug-likeness (QED) is 0.803. The van der Waals surface area contributed by atoms with Gasteiger partial charge in [-0.25, -0.2) is 4.39 Å². The number of benzene rings is 1. The van der Waals surface area contributed by atoms with E-state index < -0.39 is 0 Å². The van der Waals surface area contributed by atoms with Crippen LogP contribution in [0, 0.1) is 5.82 Å². The molecule has 0 N–H and O–H groups in total. The second-order valence-electron chi connectivity index (χ2n) is 4.16. The van der Waals surface area contributed by atoms with Gasteiger partial charge in [0.25, 0.3) is 0 Å². The Kier molecular flexibility index (Phi) is 3.83. The van der Waals surface area contributed by atoms with Crippen LogP contribution in [-0.4, -0.2) is 16.9 Å². The highest BCUT2D eigenvalue weighted by atomic mass is 19.1. The third-order valence-electron chi connectivity index (χ3n) is 2.54. The molecule has 0 aliphatic carbocycles. The van der Waals surface area contributed by atoms with Gasteiger partial charge in [0.05, 0.1) is 0 Å². The maximum atomic E-state index is 13.0. The summed E-state index contributed by atoms with van der Waals surface area (Å²) >= 11 is 0. The minimum absolute atomic E-state index is 0.181. The number of aromatic nitrogens is 1. The number of pyridine rings is 1. The van der Waals surface area contributed by atoms with Crippen molar-refractivity contribution < 1.29 is 4.39 Å². The van der Waals surface area contributed by atoms with Crippen LogP contribution in [-0.2, 0) is 13.1 Å². The molecule has 3 heteroatoms. The van der Waals surface area contributed by atoms with Gasteiger partial charge in [0.2, 0.25) is 0 Å². The van der Waals surface area contributed by atoms with Gasteiger partial charge in [-0.1, -0.05) is 12.1 Å². The second-order valence-corrected chi connectivity index (χ2v) is 4.16. The molecule has 17 heavy (non-hydrogen) atoms. The van der Waals surface area contributed by atoms with Crippen molar-refractivity contribution in [1.29, 1.82) is 0 Å². The van der Waals surface area contributed by atoms with E-state index in [0.717, 1.165) is 18.7 Å². The average molecular weight is 230 g/mol. The predicted molar refractivity (Wildman–Crippen MR) is 65.8 cm³/mol. The first-order chi connectivity index (χ1) is 8.24. The van der Waals surface area contributed by atoms with Gasteiger partial charge in [0.1, 0.15) is 5.82 Å². The maximum absolute atomic E-state index is 13.0. The summed E-state index contributed by atoms with van der Waals surface area (Å²) in [6.45, 7) is 1.57. The van der Waals surface area contributed by atoms with Crippen LogP contribution in [0.25, 0.3) is 0 Å². The molecule has 0 aliphatic rings. The summed E-state index contributed by atoms with van der Waals surface area (Å²) in [5.74, 6) is -0.181. The van der Waals surface area contributed by atoms with Crippen LogP contribution in [0.1, 0.15) is 11.1 Å². The highest BCUT2D eigenvalue weighted by Gasteiger charge is 2.02. The highest BCUT2D eigenvalue weighted by molar-refractivity contribution is 5.16. The van der Waals surface area contributed by atoms with Crippen molar-refractivity contribution >= 4 is 0 Å². The van der Waals surface area contributed by atoms with E-state index in [1.54, 1.807) is 24.5 Å². The highest BCUT2D eigenvalue weighted by Crippen LogP contribution is 2.08. The molecular weight excluding hydrogens is 215 g/mol. The van der Waals surface area contributed by atoms with Crippen molar-refractivity contribution in [2.24, 2.45) is 0 Å². The molecule has 0 unspecified atom stereocenters. The van der Waals surface area contributed by atoms with Gasteiger partial charge in [-0.05, 0) is 42.4 Å². The molecule has 0 bridgehead atoms. The smallest absolute Gasteiger partial charge is 0.123 e. The van der Waals surface area contributed by atoms with E-state index in [1.807, 2.05) is 25.2 Å². The molecule has 0 spiro atoms. The number of hydrogen-bond donors (Lipinski definition) is 0. The molecule has 1 aromatic heterocycles. The fourth-order valence-corrected chi connectivity index (χ4v) is 1.80. The molecule has 2 aromatic rings. The Labute approximate surface area is 101 Å². The zero-order chi connectivity index (χ0) is 12.1. The van der Waals surface area contributed by atoms with Crippen molar-refractivity contribution in [2.45, 2.75) is 13.1 Å². The molecule has 0 amide bonds. The largest absolute Gasteiger partial charge is 0.298 e. The van der Waals surface area contributed by atoms with Crippen LogP contribution in [0.15, 0.2) is 48.8 Å². The summed E-state index contributed by atoms with van der Waals surface area (Å²) in [5, 5.41) is 0. The Hall–Kier alpha value is -1.74. The Bertz CT molecular complexity index is 471. The first-order valence-corrected chi connectivity index (χ1v) is 5.56. The van der Waals surface area contributed by atoms with Crippen LogP contribution in [0.4, 0.5) is 4.39 Å². The molecule has 2 rings (SSSR count). The summed E-state index contributed by atoms with van der Waals surface area (Å²) in [4.78, 5) is 6.12. The van der Waals surface area contributed by atoms with Crippen LogP contribution in [0.3, 0.4) is 0 Å². The van der Waals surface area contributed by atoms with Gasteiger partial charge < -0.3 is 0 Å². The minimum Gasteiger partial charge on any atom is -0.298 e. The lowest BCUT2D eigenvalue weighted by atomic mass is 10.2. The molecule has 0 aliphatic heterocycles. The third-order valence-corrected chi connectivity index (χ3v) is 2.54. The van der Waals surface area contributed by atoms with E-state index >= 15 is 0 Å². The molecular formula is C14H15FN2. The van der Waals surface area contributed by atoms with Crippen molar-refractivity contribution in [2.75, 3.05) is 7.05 Å². The van der Waals surface area contributed by atoms with Gasteiger partial charge in [0.15, 0.2) is 0 Å². The van der Waals surface area contributed by atoms with Crippen LogP contribution >= 0.6 is 0 Å². The summed E-state index contributed by atoms with van der Waals surface area (Å²) in [6.07, 6.45) is 3.57. The molecule has 1 aromatic carbocycles. The number of halogens is 1. The number of hydrogen-bond acceptors (Lipinski definition) is 2. The Balaban J connectivity index is 1.96. The molecule has 0 atom stereocenters.